The molecule has 0 unspecified atom stereocenters. The van der Waals surface area contributed by atoms with E-state index in [1.165, 1.54) is 22.9 Å². The molecule has 8 heteroatoms. The van der Waals surface area contributed by atoms with Gasteiger partial charge in [0.25, 0.3) is 15.9 Å². The first kappa shape index (κ1) is 15.5. The molecule has 3 rings (SSSR count). The Balaban J connectivity index is 1.65. The molecule has 2 fully saturated rings. The number of sulfonamides is 1. The van der Waals surface area contributed by atoms with Crippen molar-refractivity contribution in [3.63, 3.8) is 0 Å². The summed E-state index contributed by atoms with van der Waals surface area (Å²) in [5.74, 6) is 0.206. The predicted octanol–water partition coefficient (Wildman–Crippen LogP) is 0.830. The fourth-order valence-corrected chi connectivity index (χ4v) is 3.84. The lowest BCUT2D eigenvalue weighted by Gasteiger charge is -2.25. The van der Waals surface area contributed by atoms with Crippen molar-refractivity contribution in [1.29, 1.82) is 0 Å². The van der Waals surface area contributed by atoms with E-state index in [0.717, 1.165) is 12.8 Å². The number of hydrogen-bond acceptors (Lipinski definition) is 5. The lowest BCUT2D eigenvalue weighted by Crippen LogP contribution is -2.40. The standard InChI is InChI=1S/C14H20N2O5S/c17-14(15-10-11-2-1-3-11)12-4-5-13(21-12)22(18,19)16-6-8-20-9-7-16/h4-5,11H,1-3,6-10H2,(H,15,17). The van der Waals surface area contributed by atoms with Crippen LogP contribution in [0.1, 0.15) is 29.8 Å². The van der Waals surface area contributed by atoms with Crippen LogP contribution in [0.5, 0.6) is 0 Å². The molecular formula is C14H20N2O5S. The second kappa shape index (κ2) is 6.39. The van der Waals surface area contributed by atoms with Crippen LogP contribution < -0.4 is 5.32 Å². The topological polar surface area (TPSA) is 88.9 Å². The maximum absolute atomic E-state index is 12.4. The number of carbonyl (C=O) groups excluding carboxylic acids is 1. The number of nitrogens with one attached hydrogen (secondary N) is 1. The Morgan fingerprint density at radius 1 is 1.27 bits per heavy atom. The summed E-state index contributed by atoms with van der Waals surface area (Å²) in [5, 5.41) is 2.59. The fraction of sp³-hybridized carbons (Fsp3) is 0.643. The van der Waals surface area contributed by atoms with Crippen molar-refractivity contribution in [2.75, 3.05) is 32.8 Å². The Bertz CT molecular complexity index is 629. The molecule has 2 aliphatic rings. The molecule has 7 nitrogen and oxygen atoms in total. The average Bonchev–Trinajstić information content (AvgIpc) is 2.97. The Hall–Kier alpha value is -1.38. The van der Waals surface area contributed by atoms with Crippen LogP contribution in [0.4, 0.5) is 0 Å². The van der Waals surface area contributed by atoms with E-state index >= 15 is 0 Å². The zero-order valence-electron chi connectivity index (χ0n) is 12.3. The van der Waals surface area contributed by atoms with Gasteiger partial charge in [-0.1, -0.05) is 6.42 Å². The zero-order valence-corrected chi connectivity index (χ0v) is 13.1. The van der Waals surface area contributed by atoms with Gasteiger partial charge in [-0.25, -0.2) is 8.42 Å². The summed E-state index contributed by atoms with van der Waals surface area (Å²) < 4.78 is 36.5. The second-order valence-corrected chi connectivity index (χ2v) is 7.51. The van der Waals surface area contributed by atoms with E-state index in [1.54, 1.807) is 0 Å². The van der Waals surface area contributed by atoms with Gasteiger partial charge in [0.2, 0.25) is 5.09 Å². The highest BCUT2D eigenvalue weighted by molar-refractivity contribution is 7.89. The van der Waals surface area contributed by atoms with E-state index in [2.05, 4.69) is 5.32 Å². The van der Waals surface area contributed by atoms with Gasteiger partial charge in [-0.15, -0.1) is 0 Å². The smallest absolute Gasteiger partial charge is 0.287 e. The van der Waals surface area contributed by atoms with Crippen LogP contribution in [0, 0.1) is 5.92 Å². The van der Waals surface area contributed by atoms with Gasteiger partial charge in [0.05, 0.1) is 13.2 Å². The summed E-state index contributed by atoms with van der Waals surface area (Å²) >= 11 is 0. The van der Waals surface area contributed by atoms with Gasteiger partial charge in [0.1, 0.15) is 0 Å². The van der Waals surface area contributed by atoms with Crippen molar-refractivity contribution in [2.45, 2.75) is 24.4 Å². The van der Waals surface area contributed by atoms with E-state index in [9.17, 15) is 13.2 Å². The minimum atomic E-state index is -3.69. The fourth-order valence-electron chi connectivity index (χ4n) is 2.52. The van der Waals surface area contributed by atoms with E-state index in [0.29, 0.717) is 38.8 Å². The van der Waals surface area contributed by atoms with E-state index in [-0.39, 0.29) is 16.8 Å². The highest BCUT2D eigenvalue weighted by atomic mass is 32.2. The average molecular weight is 328 g/mol. The van der Waals surface area contributed by atoms with Gasteiger partial charge >= 0.3 is 0 Å². The van der Waals surface area contributed by atoms with E-state index in [4.69, 9.17) is 9.15 Å². The molecule has 1 amide bonds. The van der Waals surface area contributed by atoms with Gasteiger partial charge < -0.3 is 14.5 Å². The summed E-state index contributed by atoms with van der Waals surface area (Å²) in [6.07, 6.45) is 3.48. The normalized spacial score (nSPS) is 20.5. The molecule has 1 saturated carbocycles. The quantitative estimate of drug-likeness (QED) is 0.865. The second-order valence-electron chi connectivity index (χ2n) is 5.64. The molecule has 1 aliphatic heterocycles. The third kappa shape index (κ3) is 3.18. The Labute approximate surface area is 129 Å². The minimum Gasteiger partial charge on any atom is -0.438 e. The van der Waals surface area contributed by atoms with Gasteiger partial charge in [-0.05, 0) is 30.9 Å². The van der Waals surface area contributed by atoms with Crippen molar-refractivity contribution in [3.8, 4) is 0 Å². The van der Waals surface area contributed by atoms with Crippen LogP contribution in [-0.2, 0) is 14.8 Å². The number of nitrogens with zero attached hydrogens (tertiary/aromatic N) is 1. The van der Waals surface area contributed by atoms with Crippen molar-refractivity contribution in [2.24, 2.45) is 5.92 Å². The van der Waals surface area contributed by atoms with Crippen molar-refractivity contribution < 1.29 is 22.4 Å². The number of rotatable bonds is 5. The first-order valence-corrected chi connectivity index (χ1v) is 8.97. The Morgan fingerprint density at radius 2 is 2.00 bits per heavy atom. The van der Waals surface area contributed by atoms with E-state index < -0.39 is 10.0 Å². The van der Waals surface area contributed by atoms with Crippen molar-refractivity contribution in [3.05, 3.63) is 17.9 Å². The van der Waals surface area contributed by atoms with Crippen LogP contribution in [0.3, 0.4) is 0 Å². The first-order chi connectivity index (χ1) is 10.6. The molecule has 1 aliphatic carbocycles. The predicted molar refractivity (Wildman–Crippen MR) is 78.0 cm³/mol. The van der Waals surface area contributed by atoms with Crippen LogP contribution in [0.2, 0.25) is 0 Å². The summed E-state index contributed by atoms with van der Waals surface area (Å²) in [5.41, 5.74) is 0. The SMILES string of the molecule is O=C(NCC1CCC1)c1ccc(S(=O)(=O)N2CCOCC2)o1. The summed E-state index contributed by atoms with van der Waals surface area (Å²) in [7, 11) is -3.69. The minimum absolute atomic E-state index is 0.0335. The van der Waals surface area contributed by atoms with Gasteiger partial charge in [0, 0.05) is 19.6 Å². The van der Waals surface area contributed by atoms with Crippen molar-refractivity contribution in [1.82, 2.24) is 9.62 Å². The summed E-state index contributed by atoms with van der Waals surface area (Å²) in [4.78, 5) is 12.0. The van der Waals surface area contributed by atoms with Gasteiger partial charge in [-0.2, -0.15) is 4.31 Å². The zero-order chi connectivity index (χ0) is 15.6. The number of morpholine rings is 1. The number of carbonyl (C=O) groups is 1. The highest BCUT2D eigenvalue weighted by Crippen LogP contribution is 2.25. The molecule has 22 heavy (non-hydrogen) atoms. The maximum atomic E-state index is 12.4. The molecular weight excluding hydrogens is 308 g/mol. The molecule has 2 heterocycles. The maximum Gasteiger partial charge on any atom is 0.287 e. The first-order valence-electron chi connectivity index (χ1n) is 7.53. The Morgan fingerprint density at radius 3 is 2.64 bits per heavy atom. The molecule has 122 valence electrons. The van der Waals surface area contributed by atoms with Crippen LogP contribution in [0.25, 0.3) is 0 Å². The molecule has 0 atom stereocenters. The molecule has 1 N–H and O–H groups in total. The molecule has 1 saturated heterocycles. The molecule has 0 bridgehead atoms. The molecule has 1 aromatic heterocycles. The summed E-state index contributed by atoms with van der Waals surface area (Å²) in [6.45, 7) is 1.95. The van der Waals surface area contributed by atoms with Crippen LogP contribution in [0.15, 0.2) is 21.6 Å². The van der Waals surface area contributed by atoms with Gasteiger partial charge in [0.15, 0.2) is 5.76 Å². The monoisotopic (exact) mass is 328 g/mol. The lowest BCUT2D eigenvalue weighted by atomic mass is 9.85. The Kier molecular flexibility index (Phi) is 4.51. The van der Waals surface area contributed by atoms with Crippen LogP contribution >= 0.6 is 0 Å². The lowest BCUT2D eigenvalue weighted by molar-refractivity contribution is 0.0722. The number of amides is 1. The van der Waals surface area contributed by atoms with E-state index in [1.807, 2.05) is 0 Å². The van der Waals surface area contributed by atoms with Crippen molar-refractivity contribution >= 4 is 15.9 Å². The summed E-state index contributed by atoms with van der Waals surface area (Å²) in [6, 6.07) is 2.74. The highest BCUT2D eigenvalue weighted by Gasteiger charge is 2.30. The third-order valence-electron chi connectivity index (χ3n) is 4.15. The van der Waals surface area contributed by atoms with Crippen LogP contribution in [-0.4, -0.2) is 51.5 Å². The molecule has 1 aromatic rings. The molecule has 0 radical (unpaired) electrons. The molecule has 0 aromatic carbocycles. The number of hydrogen-bond donors (Lipinski definition) is 1. The largest absolute Gasteiger partial charge is 0.438 e. The number of ether oxygens (including phenoxy) is 1. The third-order valence-corrected chi connectivity index (χ3v) is 5.92. The van der Waals surface area contributed by atoms with Gasteiger partial charge in [-0.3, -0.25) is 4.79 Å². The number of furan rings is 1. The molecule has 0 spiro atoms.